The second kappa shape index (κ2) is 6.61. The quantitative estimate of drug-likeness (QED) is 0.577. The number of hydrogen-bond donors (Lipinski definition) is 2. The molecule has 0 atom stereocenters. The first-order valence-electron chi connectivity index (χ1n) is 5.31. The average molecular weight is 219 g/mol. The van der Waals surface area contributed by atoms with E-state index in [1.165, 1.54) is 5.56 Å². The second-order valence-corrected chi connectivity index (χ2v) is 3.66. The monoisotopic (exact) mass is 219 g/mol. The largest absolute Gasteiger partial charge is 0.350 e. The maximum absolute atomic E-state index is 10.4. The van der Waals surface area contributed by atoms with Crippen molar-refractivity contribution >= 4 is 11.7 Å². The fourth-order valence-electron chi connectivity index (χ4n) is 1.40. The van der Waals surface area contributed by atoms with Crippen molar-refractivity contribution in [3.63, 3.8) is 0 Å². The van der Waals surface area contributed by atoms with E-state index in [-0.39, 0.29) is 0 Å². The lowest BCUT2D eigenvalue weighted by Crippen LogP contribution is -2.25. The molecule has 86 valence electrons. The van der Waals surface area contributed by atoms with Gasteiger partial charge in [0.15, 0.2) is 0 Å². The number of hydrazone groups is 1. The number of benzene rings is 1. The van der Waals surface area contributed by atoms with Gasteiger partial charge in [-0.15, -0.1) is 0 Å². The summed E-state index contributed by atoms with van der Waals surface area (Å²) in [6, 6.07) is 9.66. The van der Waals surface area contributed by atoms with Crippen LogP contribution in [0.5, 0.6) is 0 Å². The van der Waals surface area contributed by atoms with E-state index in [2.05, 4.69) is 22.7 Å². The van der Waals surface area contributed by atoms with Crippen molar-refractivity contribution < 1.29 is 4.79 Å². The third kappa shape index (κ3) is 5.14. The van der Waals surface area contributed by atoms with E-state index < -0.39 is 6.03 Å². The molecule has 0 radical (unpaired) electrons. The Hall–Kier alpha value is -1.84. The Morgan fingerprint density at radius 2 is 2.06 bits per heavy atom. The van der Waals surface area contributed by atoms with E-state index in [1.54, 1.807) is 0 Å². The third-order valence-electron chi connectivity index (χ3n) is 2.20. The van der Waals surface area contributed by atoms with Crippen LogP contribution in [0.2, 0.25) is 0 Å². The van der Waals surface area contributed by atoms with Crippen LogP contribution < -0.4 is 11.2 Å². The topological polar surface area (TPSA) is 67.5 Å². The highest BCUT2D eigenvalue weighted by Crippen LogP contribution is 2.04. The highest BCUT2D eigenvalue weighted by molar-refractivity contribution is 5.83. The summed E-state index contributed by atoms with van der Waals surface area (Å²) < 4.78 is 0. The predicted octanol–water partition coefficient (Wildman–Crippen LogP) is 2.05. The van der Waals surface area contributed by atoms with Gasteiger partial charge in [-0.25, -0.2) is 10.2 Å². The second-order valence-electron chi connectivity index (χ2n) is 3.66. The van der Waals surface area contributed by atoms with Crippen LogP contribution in [0.1, 0.15) is 25.3 Å². The van der Waals surface area contributed by atoms with E-state index in [0.717, 1.165) is 25.0 Å². The van der Waals surface area contributed by atoms with Crippen molar-refractivity contribution in [2.75, 3.05) is 0 Å². The zero-order valence-electron chi connectivity index (χ0n) is 9.44. The van der Waals surface area contributed by atoms with Crippen LogP contribution >= 0.6 is 0 Å². The van der Waals surface area contributed by atoms with Crippen LogP contribution in [0.15, 0.2) is 35.4 Å². The number of rotatable bonds is 5. The molecule has 0 aliphatic heterocycles. The van der Waals surface area contributed by atoms with Crippen molar-refractivity contribution in [3.8, 4) is 0 Å². The molecule has 1 rings (SSSR count). The highest BCUT2D eigenvalue weighted by atomic mass is 16.2. The molecule has 0 spiro atoms. The minimum absolute atomic E-state index is 0.623. The molecule has 0 fully saturated rings. The van der Waals surface area contributed by atoms with Crippen LogP contribution in [0.4, 0.5) is 4.79 Å². The molecule has 2 amide bonds. The number of amides is 2. The molecule has 0 heterocycles. The summed E-state index contributed by atoms with van der Waals surface area (Å²) in [6.07, 6.45) is 2.89. The van der Waals surface area contributed by atoms with Crippen LogP contribution in [0.3, 0.4) is 0 Å². The zero-order valence-corrected chi connectivity index (χ0v) is 9.44. The first-order valence-corrected chi connectivity index (χ1v) is 5.31. The molecule has 0 aromatic heterocycles. The molecule has 4 heteroatoms. The Balaban J connectivity index is 2.25. The van der Waals surface area contributed by atoms with Gasteiger partial charge in [-0.3, -0.25) is 0 Å². The molecule has 0 saturated carbocycles. The van der Waals surface area contributed by atoms with Crippen molar-refractivity contribution in [3.05, 3.63) is 35.9 Å². The molecule has 4 nitrogen and oxygen atoms in total. The van der Waals surface area contributed by atoms with Gasteiger partial charge in [0.1, 0.15) is 0 Å². The first kappa shape index (κ1) is 12.2. The Morgan fingerprint density at radius 3 is 2.69 bits per heavy atom. The number of nitrogens with two attached hydrogens (primary N) is 1. The fourth-order valence-corrected chi connectivity index (χ4v) is 1.40. The van der Waals surface area contributed by atoms with Gasteiger partial charge in [0.25, 0.3) is 0 Å². The maximum atomic E-state index is 10.4. The smallest absolute Gasteiger partial charge is 0.332 e. The lowest BCUT2D eigenvalue weighted by Gasteiger charge is -2.01. The number of nitrogens with one attached hydrogen (secondary N) is 1. The number of primary amides is 1. The summed E-state index contributed by atoms with van der Waals surface area (Å²) in [5.74, 6) is 0. The lowest BCUT2D eigenvalue weighted by atomic mass is 10.1. The average Bonchev–Trinajstić information content (AvgIpc) is 2.28. The number of carbonyl (C=O) groups is 1. The first-order chi connectivity index (χ1) is 7.68. The number of nitrogens with zero attached hydrogens (tertiary/aromatic N) is 1. The molecular formula is C12H17N3O. The minimum Gasteiger partial charge on any atom is -0.350 e. The summed E-state index contributed by atoms with van der Waals surface area (Å²) in [5.41, 5.74) is 9.33. The molecular weight excluding hydrogens is 202 g/mol. The van der Waals surface area contributed by atoms with Gasteiger partial charge in [0.2, 0.25) is 0 Å². The Kier molecular flexibility index (Phi) is 5.05. The molecule has 1 aromatic carbocycles. The van der Waals surface area contributed by atoms with E-state index in [1.807, 2.05) is 25.1 Å². The molecule has 0 aliphatic rings. The third-order valence-corrected chi connectivity index (χ3v) is 2.20. The summed E-state index contributed by atoms with van der Waals surface area (Å²) in [7, 11) is 0. The van der Waals surface area contributed by atoms with E-state index in [9.17, 15) is 4.79 Å². The van der Waals surface area contributed by atoms with Crippen LogP contribution in [0, 0.1) is 0 Å². The molecule has 16 heavy (non-hydrogen) atoms. The van der Waals surface area contributed by atoms with Crippen molar-refractivity contribution in [1.82, 2.24) is 5.43 Å². The van der Waals surface area contributed by atoms with Gasteiger partial charge in [-0.2, -0.15) is 5.10 Å². The van der Waals surface area contributed by atoms with Crippen molar-refractivity contribution in [2.45, 2.75) is 26.2 Å². The van der Waals surface area contributed by atoms with E-state index in [4.69, 9.17) is 5.73 Å². The summed E-state index contributed by atoms with van der Waals surface area (Å²) in [5, 5.41) is 3.85. The van der Waals surface area contributed by atoms with Gasteiger partial charge in [-0.05, 0) is 31.7 Å². The maximum Gasteiger partial charge on any atom is 0.332 e. The van der Waals surface area contributed by atoms with E-state index >= 15 is 0 Å². The van der Waals surface area contributed by atoms with Crippen molar-refractivity contribution in [2.24, 2.45) is 10.8 Å². The number of aryl methyl sites for hydroxylation is 1. The van der Waals surface area contributed by atoms with Gasteiger partial charge in [-0.1, -0.05) is 30.3 Å². The Bertz CT molecular complexity index is 360. The molecule has 0 saturated heterocycles. The normalized spacial score (nSPS) is 11.2. The van der Waals surface area contributed by atoms with Crippen LogP contribution in [0.25, 0.3) is 0 Å². The Labute approximate surface area is 95.5 Å². The van der Waals surface area contributed by atoms with Crippen LogP contribution in [-0.4, -0.2) is 11.7 Å². The fraction of sp³-hybridized carbons (Fsp3) is 0.333. The highest BCUT2D eigenvalue weighted by Gasteiger charge is 1.95. The summed E-state index contributed by atoms with van der Waals surface area (Å²) >= 11 is 0. The summed E-state index contributed by atoms with van der Waals surface area (Å²) in [4.78, 5) is 10.4. The zero-order chi connectivity index (χ0) is 11.8. The van der Waals surface area contributed by atoms with E-state index in [0.29, 0.717) is 0 Å². The minimum atomic E-state index is -0.623. The predicted molar refractivity (Wildman–Crippen MR) is 65.2 cm³/mol. The molecule has 1 aromatic rings. The van der Waals surface area contributed by atoms with Crippen LogP contribution in [-0.2, 0) is 6.42 Å². The number of carbonyl (C=O) groups excluding carboxylic acids is 1. The summed E-state index contributed by atoms with van der Waals surface area (Å²) in [6.45, 7) is 1.88. The van der Waals surface area contributed by atoms with Gasteiger partial charge in [0.05, 0.1) is 0 Å². The van der Waals surface area contributed by atoms with Gasteiger partial charge >= 0.3 is 6.03 Å². The molecule has 0 bridgehead atoms. The standard InChI is InChI=1S/C12H17N3O/c1-10(14-15-12(13)16)6-5-9-11-7-3-2-4-8-11/h2-4,7-8H,5-6,9H2,1H3,(H3,13,15,16)/b14-10+. The van der Waals surface area contributed by atoms with Gasteiger partial charge < -0.3 is 5.73 Å². The SMILES string of the molecule is C/C(CCCc1ccccc1)=N\NC(N)=O. The molecule has 0 unspecified atom stereocenters. The molecule has 3 N–H and O–H groups in total. The van der Waals surface area contributed by atoms with Gasteiger partial charge in [0, 0.05) is 5.71 Å². The molecule has 0 aliphatic carbocycles. The number of hydrogen-bond acceptors (Lipinski definition) is 2. The van der Waals surface area contributed by atoms with Crippen molar-refractivity contribution in [1.29, 1.82) is 0 Å². The lowest BCUT2D eigenvalue weighted by molar-refractivity contribution is 0.249. The number of urea groups is 1. The Morgan fingerprint density at radius 1 is 1.38 bits per heavy atom.